The second-order valence-corrected chi connectivity index (χ2v) is 5.35. The number of carbonyl (C=O) groups excluding carboxylic acids is 1. The summed E-state index contributed by atoms with van der Waals surface area (Å²) in [6.45, 7) is 1.68. The van der Waals surface area contributed by atoms with Crippen LogP contribution < -0.4 is 10.1 Å². The maximum atomic E-state index is 12.0. The number of rotatable bonds is 5. The van der Waals surface area contributed by atoms with Gasteiger partial charge in [-0.25, -0.2) is 0 Å². The molecule has 114 valence electrons. The van der Waals surface area contributed by atoms with Crippen molar-refractivity contribution in [3.63, 3.8) is 0 Å². The number of ether oxygens (including phenoxy) is 1. The summed E-state index contributed by atoms with van der Waals surface area (Å²) in [7, 11) is 0. The van der Waals surface area contributed by atoms with E-state index in [2.05, 4.69) is 5.32 Å². The lowest BCUT2D eigenvalue weighted by Crippen LogP contribution is -2.43. The van der Waals surface area contributed by atoms with Crippen molar-refractivity contribution in [3.8, 4) is 5.75 Å². The lowest BCUT2D eigenvalue weighted by molar-refractivity contribution is -0.384. The average molecular weight is 292 g/mol. The molecule has 1 unspecified atom stereocenters. The minimum atomic E-state index is -0.617. The predicted molar refractivity (Wildman–Crippen MR) is 78.2 cm³/mol. The highest BCUT2D eigenvalue weighted by molar-refractivity contribution is 5.81. The Labute approximate surface area is 123 Å². The quantitative estimate of drug-likeness (QED) is 0.668. The van der Waals surface area contributed by atoms with Gasteiger partial charge in [0.25, 0.3) is 11.6 Å². The third-order valence-electron chi connectivity index (χ3n) is 3.68. The first-order valence-corrected chi connectivity index (χ1v) is 7.28. The molecule has 0 bridgehead atoms. The molecule has 0 aliphatic heterocycles. The molecule has 6 nitrogen and oxygen atoms in total. The molecule has 1 aliphatic rings. The van der Waals surface area contributed by atoms with Crippen molar-refractivity contribution in [3.05, 3.63) is 34.4 Å². The van der Waals surface area contributed by atoms with Crippen molar-refractivity contribution in [1.82, 2.24) is 5.32 Å². The molecule has 1 aromatic rings. The number of non-ortho nitro benzene ring substituents is 1. The highest BCUT2D eigenvalue weighted by atomic mass is 16.6. The van der Waals surface area contributed by atoms with E-state index >= 15 is 0 Å². The van der Waals surface area contributed by atoms with Crippen molar-refractivity contribution in [2.45, 2.75) is 51.2 Å². The first-order chi connectivity index (χ1) is 10.1. The normalized spacial score (nSPS) is 17.0. The molecule has 2 rings (SSSR count). The molecule has 21 heavy (non-hydrogen) atoms. The van der Waals surface area contributed by atoms with E-state index in [-0.39, 0.29) is 17.6 Å². The molecule has 1 fully saturated rings. The first-order valence-electron chi connectivity index (χ1n) is 7.28. The van der Waals surface area contributed by atoms with Gasteiger partial charge >= 0.3 is 0 Å². The van der Waals surface area contributed by atoms with E-state index in [1.54, 1.807) is 6.92 Å². The smallest absolute Gasteiger partial charge is 0.269 e. The molecule has 0 radical (unpaired) electrons. The highest BCUT2D eigenvalue weighted by Crippen LogP contribution is 2.20. The lowest BCUT2D eigenvalue weighted by atomic mass is 9.95. The fourth-order valence-corrected chi connectivity index (χ4v) is 2.47. The van der Waals surface area contributed by atoms with Crippen LogP contribution in [0.4, 0.5) is 5.69 Å². The second kappa shape index (κ2) is 7.06. The third kappa shape index (κ3) is 4.44. The number of hydrogen-bond donors (Lipinski definition) is 1. The van der Waals surface area contributed by atoms with Gasteiger partial charge in [-0.2, -0.15) is 0 Å². The van der Waals surface area contributed by atoms with Crippen molar-refractivity contribution in [2.75, 3.05) is 0 Å². The summed E-state index contributed by atoms with van der Waals surface area (Å²) in [6, 6.07) is 5.97. The van der Waals surface area contributed by atoms with Gasteiger partial charge in [-0.15, -0.1) is 0 Å². The molecule has 0 heterocycles. The molecule has 6 heteroatoms. The van der Waals surface area contributed by atoms with Gasteiger partial charge in [-0.1, -0.05) is 19.3 Å². The van der Waals surface area contributed by atoms with Crippen LogP contribution in [0, 0.1) is 10.1 Å². The molecular formula is C15H20N2O4. The molecule has 1 saturated carbocycles. The SMILES string of the molecule is CC(Oc1ccc([N+](=O)[O-])cc1)C(=O)NC1CCCCC1. The van der Waals surface area contributed by atoms with Crippen LogP contribution in [0.15, 0.2) is 24.3 Å². The van der Waals surface area contributed by atoms with E-state index in [0.29, 0.717) is 5.75 Å². The lowest BCUT2D eigenvalue weighted by Gasteiger charge is -2.24. The number of nitrogens with one attached hydrogen (secondary N) is 1. The van der Waals surface area contributed by atoms with Crippen LogP contribution in [0.3, 0.4) is 0 Å². The predicted octanol–water partition coefficient (Wildman–Crippen LogP) is 2.81. The van der Waals surface area contributed by atoms with E-state index in [9.17, 15) is 14.9 Å². The van der Waals surface area contributed by atoms with Crippen LogP contribution in [0.1, 0.15) is 39.0 Å². The van der Waals surface area contributed by atoms with Crippen LogP contribution in [-0.4, -0.2) is 23.0 Å². The largest absolute Gasteiger partial charge is 0.481 e. The van der Waals surface area contributed by atoms with Gasteiger partial charge in [0.2, 0.25) is 0 Å². The summed E-state index contributed by atoms with van der Waals surface area (Å²) in [4.78, 5) is 22.1. The summed E-state index contributed by atoms with van der Waals surface area (Å²) in [5.74, 6) is 0.312. The zero-order valence-corrected chi connectivity index (χ0v) is 12.1. The summed E-state index contributed by atoms with van der Waals surface area (Å²) < 4.78 is 5.52. The Bertz CT molecular complexity index is 495. The topological polar surface area (TPSA) is 81.5 Å². The standard InChI is InChI=1S/C15H20N2O4/c1-11(15(18)16-12-5-3-2-4-6-12)21-14-9-7-13(8-10-14)17(19)20/h7-12H,2-6H2,1H3,(H,16,18). The second-order valence-electron chi connectivity index (χ2n) is 5.35. The molecule has 1 amide bonds. The number of amides is 1. The minimum Gasteiger partial charge on any atom is -0.481 e. The van der Waals surface area contributed by atoms with E-state index < -0.39 is 11.0 Å². The molecule has 1 aromatic carbocycles. The molecule has 0 saturated heterocycles. The highest BCUT2D eigenvalue weighted by Gasteiger charge is 2.20. The number of nitro groups is 1. The zero-order valence-electron chi connectivity index (χ0n) is 12.1. The third-order valence-corrected chi connectivity index (χ3v) is 3.68. The van der Waals surface area contributed by atoms with E-state index in [1.165, 1.54) is 30.7 Å². The average Bonchev–Trinajstić information content (AvgIpc) is 2.48. The van der Waals surface area contributed by atoms with Crippen LogP contribution in [0.2, 0.25) is 0 Å². The van der Waals surface area contributed by atoms with E-state index in [0.717, 1.165) is 25.7 Å². The number of carbonyl (C=O) groups is 1. The van der Waals surface area contributed by atoms with Gasteiger partial charge in [-0.3, -0.25) is 14.9 Å². The van der Waals surface area contributed by atoms with Crippen LogP contribution in [-0.2, 0) is 4.79 Å². The number of hydrogen-bond acceptors (Lipinski definition) is 4. The fraction of sp³-hybridized carbons (Fsp3) is 0.533. The summed E-state index contributed by atoms with van der Waals surface area (Å²) >= 11 is 0. The minimum absolute atomic E-state index is 0.00154. The van der Waals surface area contributed by atoms with Gasteiger partial charge in [0.15, 0.2) is 6.10 Å². The Morgan fingerprint density at radius 3 is 2.48 bits per heavy atom. The zero-order chi connectivity index (χ0) is 15.2. The van der Waals surface area contributed by atoms with Crippen molar-refractivity contribution < 1.29 is 14.5 Å². The van der Waals surface area contributed by atoms with Crippen molar-refractivity contribution in [2.24, 2.45) is 0 Å². The van der Waals surface area contributed by atoms with Gasteiger partial charge in [-0.05, 0) is 31.9 Å². The Morgan fingerprint density at radius 2 is 1.90 bits per heavy atom. The maximum Gasteiger partial charge on any atom is 0.269 e. The number of nitro benzene ring substituents is 1. The number of benzene rings is 1. The van der Waals surface area contributed by atoms with Crippen LogP contribution in [0.25, 0.3) is 0 Å². The summed E-state index contributed by atoms with van der Waals surface area (Å²) in [6.07, 6.45) is 4.98. The summed E-state index contributed by atoms with van der Waals surface area (Å²) in [5.41, 5.74) is 0.00154. The van der Waals surface area contributed by atoms with Crippen LogP contribution >= 0.6 is 0 Å². The molecule has 1 atom stereocenters. The summed E-state index contributed by atoms with van der Waals surface area (Å²) in [5, 5.41) is 13.6. The van der Waals surface area contributed by atoms with Crippen molar-refractivity contribution >= 4 is 11.6 Å². The van der Waals surface area contributed by atoms with E-state index in [4.69, 9.17) is 4.74 Å². The maximum absolute atomic E-state index is 12.0. The van der Waals surface area contributed by atoms with Gasteiger partial charge in [0.05, 0.1) is 4.92 Å². The first kappa shape index (κ1) is 15.3. The molecule has 1 N–H and O–H groups in total. The Hall–Kier alpha value is -2.11. The molecule has 0 aromatic heterocycles. The number of nitrogens with zero attached hydrogens (tertiary/aromatic N) is 1. The fourth-order valence-electron chi connectivity index (χ4n) is 2.47. The van der Waals surface area contributed by atoms with Crippen LogP contribution in [0.5, 0.6) is 5.75 Å². The monoisotopic (exact) mass is 292 g/mol. The molecule has 1 aliphatic carbocycles. The molecule has 0 spiro atoms. The Balaban J connectivity index is 1.86. The molecular weight excluding hydrogens is 272 g/mol. The van der Waals surface area contributed by atoms with Gasteiger partial charge in [0.1, 0.15) is 5.75 Å². The van der Waals surface area contributed by atoms with Crippen molar-refractivity contribution in [1.29, 1.82) is 0 Å². The van der Waals surface area contributed by atoms with Gasteiger partial charge in [0, 0.05) is 18.2 Å². The Morgan fingerprint density at radius 1 is 1.29 bits per heavy atom. The van der Waals surface area contributed by atoms with E-state index in [1.807, 2.05) is 0 Å². The van der Waals surface area contributed by atoms with Gasteiger partial charge < -0.3 is 10.1 Å². The Kier molecular flexibility index (Phi) is 5.14.